The Morgan fingerprint density at radius 1 is 1.22 bits per heavy atom. The lowest BCUT2D eigenvalue weighted by molar-refractivity contribution is -0.116. The van der Waals surface area contributed by atoms with Gasteiger partial charge in [0.1, 0.15) is 0 Å². The SMILES string of the molecule is CC(=O)N1CCc2cc(S(=O)(=O)N3CCCC(C)(C)C3)ccc21. The zero-order valence-corrected chi connectivity index (χ0v) is 14.8. The van der Waals surface area contributed by atoms with Crippen molar-refractivity contribution in [3.8, 4) is 0 Å². The summed E-state index contributed by atoms with van der Waals surface area (Å²) in [5, 5.41) is 0. The van der Waals surface area contributed by atoms with Crippen molar-refractivity contribution in [1.29, 1.82) is 0 Å². The second kappa shape index (κ2) is 5.60. The van der Waals surface area contributed by atoms with Gasteiger partial charge < -0.3 is 4.90 Å². The second-order valence-corrected chi connectivity index (χ2v) is 9.26. The largest absolute Gasteiger partial charge is 0.312 e. The average Bonchev–Trinajstić information content (AvgIpc) is 2.89. The molecule has 0 saturated carbocycles. The summed E-state index contributed by atoms with van der Waals surface area (Å²) in [5.41, 5.74) is 1.81. The van der Waals surface area contributed by atoms with Crippen LogP contribution >= 0.6 is 0 Å². The van der Waals surface area contributed by atoms with E-state index in [0.29, 0.717) is 31.0 Å². The molecular weight excluding hydrogens is 312 g/mol. The maximum atomic E-state index is 12.9. The minimum Gasteiger partial charge on any atom is -0.312 e. The number of nitrogens with zero attached hydrogens (tertiary/aromatic N) is 2. The molecule has 23 heavy (non-hydrogen) atoms. The van der Waals surface area contributed by atoms with E-state index in [1.54, 1.807) is 27.4 Å². The highest BCUT2D eigenvalue weighted by Gasteiger charge is 2.35. The van der Waals surface area contributed by atoms with Gasteiger partial charge in [0.15, 0.2) is 0 Å². The van der Waals surface area contributed by atoms with E-state index in [4.69, 9.17) is 0 Å². The van der Waals surface area contributed by atoms with Crippen molar-refractivity contribution >= 4 is 21.6 Å². The Morgan fingerprint density at radius 3 is 2.61 bits per heavy atom. The van der Waals surface area contributed by atoms with E-state index in [1.807, 2.05) is 0 Å². The summed E-state index contributed by atoms with van der Waals surface area (Å²) in [4.78, 5) is 13.7. The quantitative estimate of drug-likeness (QED) is 0.833. The molecular formula is C17H24N2O3S. The lowest BCUT2D eigenvalue weighted by Crippen LogP contribution is -2.43. The van der Waals surface area contributed by atoms with Crippen LogP contribution in [0.4, 0.5) is 5.69 Å². The Kier molecular flexibility index (Phi) is 4.01. The summed E-state index contributed by atoms with van der Waals surface area (Å²) >= 11 is 0. The fraction of sp³-hybridized carbons (Fsp3) is 0.588. The molecule has 1 saturated heterocycles. The minimum atomic E-state index is -3.46. The predicted molar refractivity (Wildman–Crippen MR) is 89.9 cm³/mol. The Bertz CT molecular complexity index is 740. The van der Waals surface area contributed by atoms with Crippen LogP contribution in [0.2, 0.25) is 0 Å². The number of benzene rings is 1. The Labute approximate surface area is 138 Å². The summed E-state index contributed by atoms with van der Waals surface area (Å²) < 4.78 is 27.5. The molecule has 0 N–H and O–H groups in total. The van der Waals surface area contributed by atoms with Crippen LogP contribution in [0.1, 0.15) is 39.2 Å². The fourth-order valence-corrected chi connectivity index (χ4v) is 5.31. The number of amides is 1. The third-order valence-corrected chi connectivity index (χ3v) is 6.67. The van der Waals surface area contributed by atoms with Crippen molar-refractivity contribution in [2.24, 2.45) is 5.41 Å². The summed E-state index contributed by atoms with van der Waals surface area (Å²) in [7, 11) is -3.46. The van der Waals surface area contributed by atoms with E-state index in [0.717, 1.165) is 24.1 Å². The van der Waals surface area contributed by atoms with Crippen molar-refractivity contribution in [3.05, 3.63) is 23.8 Å². The minimum absolute atomic E-state index is 0.00265. The zero-order chi connectivity index (χ0) is 16.8. The van der Waals surface area contributed by atoms with Gasteiger partial charge in [-0.2, -0.15) is 4.31 Å². The first-order chi connectivity index (χ1) is 10.7. The summed E-state index contributed by atoms with van der Waals surface area (Å²) in [6, 6.07) is 5.15. The molecule has 126 valence electrons. The molecule has 2 aliphatic heterocycles. The van der Waals surface area contributed by atoms with Gasteiger partial charge >= 0.3 is 0 Å². The number of carbonyl (C=O) groups is 1. The molecule has 0 radical (unpaired) electrons. The zero-order valence-electron chi connectivity index (χ0n) is 14.0. The van der Waals surface area contributed by atoms with Gasteiger partial charge in [-0.25, -0.2) is 8.42 Å². The molecule has 6 heteroatoms. The molecule has 0 bridgehead atoms. The molecule has 3 rings (SSSR count). The smallest absolute Gasteiger partial charge is 0.243 e. The van der Waals surface area contributed by atoms with Gasteiger partial charge in [-0.1, -0.05) is 13.8 Å². The summed E-state index contributed by atoms with van der Waals surface area (Å²) in [5.74, 6) is -0.00265. The van der Waals surface area contributed by atoms with E-state index < -0.39 is 10.0 Å². The maximum absolute atomic E-state index is 12.9. The van der Waals surface area contributed by atoms with Crippen molar-refractivity contribution in [1.82, 2.24) is 4.31 Å². The molecule has 2 heterocycles. The molecule has 1 fully saturated rings. The van der Waals surface area contributed by atoms with E-state index in [-0.39, 0.29) is 11.3 Å². The molecule has 2 aliphatic rings. The first-order valence-corrected chi connectivity index (χ1v) is 9.56. The lowest BCUT2D eigenvalue weighted by atomic mass is 9.85. The van der Waals surface area contributed by atoms with E-state index >= 15 is 0 Å². The third-order valence-electron chi connectivity index (χ3n) is 4.83. The van der Waals surface area contributed by atoms with Crippen LogP contribution in [-0.2, 0) is 21.2 Å². The van der Waals surface area contributed by atoms with Gasteiger partial charge in [0.2, 0.25) is 15.9 Å². The Hall–Kier alpha value is -1.40. The summed E-state index contributed by atoms with van der Waals surface area (Å²) in [6.45, 7) is 7.54. The normalized spacial score (nSPS) is 21.3. The van der Waals surface area contributed by atoms with E-state index in [1.165, 1.54) is 6.92 Å². The highest BCUT2D eigenvalue weighted by molar-refractivity contribution is 7.89. The third kappa shape index (κ3) is 3.02. The molecule has 0 spiro atoms. The van der Waals surface area contributed by atoms with Crippen molar-refractivity contribution in [2.45, 2.75) is 44.9 Å². The molecule has 5 nitrogen and oxygen atoms in total. The standard InChI is InChI=1S/C17H24N2O3S/c1-13(20)19-10-7-14-11-15(5-6-16(14)19)23(21,22)18-9-4-8-17(2,3)12-18/h5-6,11H,4,7-10,12H2,1-3H3. The number of hydrogen-bond donors (Lipinski definition) is 0. The van der Waals surface area contributed by atoms with Crippen LogP contribution in [0.25, 0.3) is 0 Å². The number of anilines is 1. The van der Waals surface area contributed by atoms with Crippen LogP contribution in [-0.4, -0.2) is 38.3 Å². The summed E-state index contributed by atoms with van der Waals surface area (Å²) in [6.07, 6.45) is 2.66. The van der Waals surface area contributed by atoms with Gasteiger partial charge in [0, 0.05) is 32.2 Å². The topological polar surface area (TPSA) is 57.7 Å². The van der Waals surface area contributed by atoms with Gasteiger partial charge in [0.05, 0.1) is 4.90 Å². The molecule has 0 atom stereocenters. The number of sulfonamides is 1. The van der Waals surface area contributed by atoms with E-state index in [2.05, 4.69) is 13.8 Å². The number of hydrogen-bond acceptors (Lipinski definition) is 3. The van der Waals surface area contributed by atoms with Crippen LogP contribution in [0.5, 0.6) is 0 Å². The molecule has 1 aromatic carbocycles. The van der Waals surface area contributed by atoms with Crippen molar-refractivity contribution in [2.75, 3.05) is 24.5 Å². The molecule has 0 aromatic heterocycles. The molecule has 1 aromatic rings. The van der Waals surface area contributed by atoms with Crippen LogP contribution in [0.3, 0.4) is 0 Å². The van der Waals surface area contributed by atoms with Gasteiger partial charge in [-0.3, -0.25) is 4.79 Å². The number of fused-ring (bicyclic) bond motifs is 1. The highest BCUT2D eigenvalue weighted by Crippen LogP contribution is 2.34. The monoisotopic (exact) mass is 336 g/mol. The molecule has 0 unspecified atom stereocenters. The lowest BCUT2D eigenvalue weighted by Gasteiger charge is -2.37. The fourth-order valence-electron chi connectivity index (χ4n) is 3.59. The van der Waals surface area contributed by atoms with Crippen LogP contribution in [0.15, 0.2) is 23.1 Å². The number of carbonyl (C=O) groups excluding carboxylic acids is 1. The van der Waals surface area contributed by atoms with Crippen molar-refractivity contribution in [3.63, 3.8) is 0 Å². The first-order valence-electron chi connectivity index (χ1n) is 8.12. The first kappa shape index (κ1) is 16.5. The number of piperidine rings is 1. The van der Waals surface area contributed by atoms with Gasteiger partial charge in [-0.15, -0.1) is 0 Å². The Morgan fingerprint density at radius 2 is 1.96 bits per heavy atom. The second-order valence-electron chi connectivity index (χ2n) is 7.32. The predicted octanol–water partition coefficient (Wildman–Crippen LogP) is 2.41. The Balaban J connectivity index is 1.91. The molecule has 0 aliphatic carbocycles. The van der Waals surface area contributed by atoms with Gasteiger partial charge in [0.25, 0.3) is 0 Å². The molecule has 1 amide bonds. The average molecular weight is 336 g/mol. The van der Waals surface area contributed by atoms with Crippen molar-refractivity contribution < 1.29 is 13.2 Å². The van der Waals surface area contributed by atoms with E-state index in [9.17, 15) is 13.2 Å². The van der Waals surface area contributed by atoms with Crippen LogP contribution in [0, 0.1) is 5.41 Å². The van der Waals surface area contributed by atoms with Crippen LogP contribution < -0.4 is 4.90 Å². The highest BCUT2D eigenvalue weighted by atomic mass is 32.2. The van der Waals surface area contributed by atoms with Gasteiger partial charge in [-0.05, 0) is 48.4 Å². The maximum Gasteiger partial charge on any atom is 0.243 e. The number of rotatable bonds is 2.